The summed E-state index contributed by atoms with van der Waals surface area (Å²) in [6.07, 6.45) is 0.886. The van der Waals surface area contributed by atoms with Crippen molar-refractivity contribution in [1.82, 2.24) is 10.2 Å². The first-order valence-electron chi connectivity index (χ1n) is 8.30. The monoisotopic (exact) mass is 318 g/mol. The summed E-state index contributed by atoms with van der Waals surface area (Å²) in [6.45, 7) is 12.6. The highest BCUT2D eigenvalue weighted by Gasteiger charge is 2.27. The van der Waals surface area contributed by atoms with Gasteiger partial charge in [0.2, 0.25) is 11.8 Å². The summed E-state index contributed by atoms with van der Waals surface area (Å²) in [5.74, 6) is -0.143. The summed E-state index contributed by atoms with van der Waals surface area (Å²) in [4.78, 5) is 26.6. The Morgan fingerprint density at radius 1 is 1.17 bits per heavy atom. The molecule has 0 bridgehead atoms. The van der Waals surface area contributed by atoms with Gasteiger partial charge in [-0.1, -0.05) is 57.5 Å². The van der Waals surface area contributed by atoms with E-state index in [1.165, 1.54) is 5.56 Å². The zero-order chi connectivity index (χ0) is 17.6. The van der Waals surface area contributed by atoms with Crippen LogP contribution in [-0.2, 0) is 16.1 Å². The average molecular weight is 318 g/mol. The van der Waals surface area contributed by atoms with E-state index in [-0.39, 0.29) is 11.8 Å². The first-order valence-corrected chi connectivity index (χ1v) is 8.30. The molecule has 1 N–H and O–H groups in total. The molecule has 0 saturated heterocycles. The molecule has 0 aliphatic rings. The topological polar surface area (TPSA) is 49.4 Å². The standard InChI is InChI=1S/C19H30N2O2/c1-7-12-21(13-16-10-8-14(2)9-11-16)17(22)15(3)20-18(23)19(4,5)6/h8-11,15H,7,12-13H2,1-6H3,(H,20,23)/t15-/m1/s1. The van der Waals surface area contributed by atoms with E-state index in [1.54, 1.807) is 6.92 Å². The molecule has 0 aliphatic carbocycles. The van der Waals surface area contributed by atoms with Crippen LogP contribution in [0.15, 0.2) is 24.3 Å². The number of benzene rings is 1. The van der Waals surface area contributed by atoms with E-state index in [1.807, 2.05) is 51.7 Å². The summed E-state index contributed by atoms with van der Waals surface area (Å²) < 4.78 is 0. The van der Waals surface area contributed by atoms with Crippen LogP contribution in [0.1, 0.15) is 52.2 Å². The van der Waals surface area contributed by atoms with E-state index in [4.69, 9.17) is 0 Å². The van der Waals surface area contributed by atoms with Crippen LogP contribution in [0.2, 0.25) is 0 Å². The van der Waals surface area contributed by atoms with Gasteiger partial charge < -0.3 is 10.2 Å². The Kier molecular flexibility index (Phi) is 6.79. The molecule has 0 aromatic heterocycles. The van der Waals surface area contributed by atoms with Gasteiger partial charge in [0.25, 0.3) is 0 Å². The van der Waals surface area contributed by atoms with Crippen LogP contribution in [0, 0.1) is 12.3 Å². The van der Waals surface area contributed by atoms with Gasteiger partial charge in [0, 0.05) is 18.5 Å². The van der Waals surface area contributed by atoms with Gasteiger partial charge >= 0.3 is 0 Å². The molecule has 1 rings (SSSR count). The third-order valence-corrected chi connectivity index (χ3v) is 3.70. The number of carbonyl (C=O) groups is 2. The predicted molar refractivity (Wildman–Crippen MR) is 93.9 cm³/mol. The largest absolute Gasteiger partial charge is 0.344 e. The molecule has 128 valence electrons. The molecule has 4 heteroatoms. The van der Waals surface area contributed by atoms with Crippen LogP contribution in [0.5, 0.6) is 0 Å². The molecule has 0 radical (unpaired) electrons. The Morgan fingerprint density at radius 3 is 2.22 bits per heavy atom. The zero-order valence-electron chi connectivity index (χ0n) is 15.3. The van der Waals surface area contributed by atoms with Crippen molar-refractivity contribution < 1.29 is 9.59 Å². The second-order valence-electron chi connectivity index (χ2n) is 7.19. The van der Waals surface area contributed by atoms with Crippen molar-refractivity contribution in [2.75, 3.05) is 6.54 Å². The molecule has 0 aliphatic heterocycles. The van der Waals surface area contributed by atoms with Gasteiger partial charge in [-0.25, -0.2) is 0 Å². The maximum Gasteiger partial charge on any atom is 0.245 e. The van der Waals surface area contributed by atoms with Crippen molar-refractivity contribution >= 4 is 11.8 Å². The second kappa shape index (κ2) is 8.14. The molecule has 23 heavy (non-hydrogen) atoms. The summed E-state index contributed by atoms with van der Waals surface area (Å²) in [7, 11) is 0. The SMILES string of the molecule is CCCN(Cc1ccc(C)cc1)C(=O)[C@@H](C)NC(=O)C(C)(C)C. The Labute approximate surface area is 140 Å². The van der Waals surface area contributed by atoms with Crippen LogP contribution in [0.3, 0.4) is 0 Å². The van der Waals surface area contributed by atoms with Gasteiger partial charge in [-0.3, -0.25) is 9.59 Å². The van der Waals surface area contributed by atoms with E-state index in [0.29, 0.717) is 13.1 Å². The Hall–Kier alpha value is -1.84. The fraction of sp³-hybridized carbons (Fsp3) is 0.579. The van der Waals surface area contributed by atoms with Gasteiger partial charge in [-0.05, 0) is 25.8 Å². The number of nitrogens with one attached hydrogen (secondary N) is 1. The second-order valence-corrected chi connectivity index (χ2v) is 7.19. The maximum atomic E-state index is 12.7. The quantitative estimate of drug-likeness (QED) is 0.875. The van der Waals surface area contributed by atoms with E-state index in [0.717, 1.165) is 12.0 Å². The normalized spacial score (nSPS) is 12.6. The van der Waals surface area contributed by atoms with Crippen molar-refractivity contribution in [3.05, 3.63) is 35.4 Å². The first-order chi connectivity index (χ1) is 10.6. The highest BCUT2D eigenvalue weighted by Crippen LogP contribution is 2.14. The van der Waals surface area contributed by atoms with Crippen LogP contribution in [-0.4, -0.2) is 29.3 Å². The van der Waals surface area contributed by atoms with E-state index in [2.05, 4.69) is 17.4 Å². The lowest BCUT2D eigenvalue weighted by atomic mass is 9.95. The summed E-state index contributed by atoms with van der Waals surface area (Å²) >= 11 is 0. The lowest BCUT2D eigenvalue weighted by Gasteiger charge is -2.28. The molecular formula is C19H30N2O2. The molecule has 0 saturated carbocycles. The fourth-order valence-corrected chi connectivity index (χ4v) is 2.20. The van der Waals surface area contributed by atoms with Crippen LogP contribution in [0.25, 0.3) is 0 Å². The molecule has 2 amide bonds. The molecule has 4 nitrogen and oxygen atoms in total. The Bertz CT molecular complexity index is 529. The summed E-state index contributed by atoms with van der Waals surface area (Å²) in [6, 6.07) is 7.68. The number of aryl methyl sites for hydroxylation is 1. The fourth-order valence-electron chi connectivity index (χ4n) is 2.20. The van der Waals surface area contributed by atoms with Gasteiger partial charge in [0.15, 0.2) is 0 Å². The number of amides is 2. The zero-order valence-corrected chi connectivity index (χ0v) is 15.3. The molecule has 0 heterocycles. The average Bonchev–Trinajstić information content (AvgIpc) is 2.47. The molecular weight excluding hydrogens is 288 g/mol. The predicted octanol–water partition coefficient (Wildman–Crippen LogP) is 3.28. The summed E-state index contributed by atoms with van der Waals surface area (Å²) in [5, 5.41) is 2.82. The van der Waals surface area contributed by atoms with E-state index in [9.17, 15) is 9.59 Å². The minimum Gasteiger partial charge on any atom is -0.344 e. The molecule has 1 aromatic rings. The summed E-state index contributed by atoms with van der Waals surface area (Å²) in [5.41, 5.74) is 1.81. The maximum absolute atomic E-state index is 12.7. The number of carbonyl (C=O) groups excluding carboxylic acids is 2. The Balaban J connectivity index is 2.77. The lowest BCUT2D eigenvalue weighted by Crippen LogP contribution is -2.49. The Morgan fingerprint density at radius 2 is 1.74 bits per heavy atom. The van der Waals surface area contributed by atoms with Crippen molar-refractivity contribution in [3.63, 3.8) is 0 Å². The molecule has 0 fully saturated rings. The molecule has 0 unspecified atom stereocenters. The first kappa shape index (κ1) is 19.2. The van der Waals surface area contributed by atoms with Gasteiger partial charge in [0.1, 0.15) is 6.04 Å². The number of hydrogen-bond donors (Lipinski definition) is 1. The molecule has 0 spiro atoms. The smallest absolute Gasteiger partial charge is 0.245 e. The minimum absolute atomic E-state index is 0.0370. The van der Waals surface area contributed by atoms with Crippen molar-refractivity contribution in [1.29, 1.82) is 0 Å². The molecule has 1 atom stereocenters. The minimum atomic E-state index is -0.515. The van der Waals surface area contributed by atoms with Gasteiger partial charge in [-0.15, -0.1) is 0 Å². The highest BCUT2D eigenvalue weighted by molar-refractivity contribution is 5.89. The van der Waals surface area contributed by atoms with Crippen molar-refractivity contribution in [3.8, 4) is 0 Å². The van der Waals surface area contributed by atoms with Crippen molar-refractivity contribution in [2.45, 2.75) is 60.5 Å². The van der Waals surface area contributed by atoms with Crippen LogP contribution < -0.4 is 5.32 Å². The van der Waals surface area contributed by atoms with E-state index < -0.39 is 11.5 Å². The third kappa shape index (κ3) is 6.05. The van der Waals surface area contributed by atoms with Crippen LogP contribution in [0.4, 0.5) is 0 Å². The van der Waals surface area contributed by atoms with Crippen molar-refractivity contribution in [2.24, 2.45) is 5.41 Å². The highest BCUT2D eigenvalue weighted by atomic mass is 16.2. The van der Waals surface area contributed by atoms with Gasteiger partial charge in [-0.2, -0.15) is 0 Å². The number of hydrogen-bond acceptors (Lipinski definition) is 2. The van der Waals surface area contributed by atoms with Gasteiger partial charge in [0.05, 0.1) is 0 Å². The third-order valence-electron chi connectivity index (χ3n) is 3.70. The number of nitrogens with zero attached hydrogens (tertiary/aromatic N) is 1. The lowest BCUT2D eigenvalue weighted by molar-refractivity contribution is -0.138. The van der Waals surface area contributed by atoms with E-state index >= 15 is 0 Å². The molecule has 1 aromatic carbocycles. The number of rotatable bonds is 6. The van der Waals surface area contributed by atoms with Crippen LogP contribution >= 0.6 is 0 Å².